The van der Waals surface area contributed by atoms with Crippen LogP contribution in [0.25, 0.3) is 44.2 Å². The minimum Gasteiger partial charge on any atom is -0.219 e. The Morgan fingerprint density at radius 1 is 0.364 bits per heavy atom. The second kappa shape index (κ2) is 9.12. The van der Waals surface area contributed by atoms with Gasteiger partial charge < -0.3 is 0 Å². The largest absolute Gasteiger partial charge is 0.219 e. The highest BCUT2D eigenvalue weighted by Gasteiger charge is 2.49. The van der Waals surface area contributed by atoms with Crippen LogP contribution in [0.1, 0.15) is 22.3 Å². The lowest BCUT2D eigenvalue weighted by atomic mass is 9.61. The molecule has 7 aromatic carbocycles. The van der Waals surface area contributed by atoms with E-state index in [1.807, 2.05) is 18.2 Å². The maximum atomic E-state index is 13.3. The SMILES string of the molecule is O=S(=O)(c1ccccc1)c1ccc(-c2ccc3c4c(cccc24)C2(c4ccccc4-c4ccccc42)c2ccccc2-3)cc1. The van der Waals surface area contributed by atoms with Crippen LogP contribution in [0, 0.1) is 0 Å². The molecule has 0 aliphatic heterocycles. The molecule has 9 rings (SSSR count). The molecule has 0 N–H and O–H groups in total. The Kier molecular flexibility index (Phi) is 5.24. The second-order valence-electron chi connectivity index (χ2n) is 11.6. The molecule has 0 unspecified atom stereocenters. The zero-order chi connectivity index (χ0) is 29.5. The van der Waals surface area contributed by atoms with Crippen LogP contribution in [-0.2, 0) is 15.3 Å². The molecule has 2 nitrogen and oxygen atoms in total. The van der Waals surface area contributed by atoms with Crippen molar-refractivity contribution < 1.29 is 8.42 Å². The van der Waals surface area contributed by atoms with E-state index in [0.29, 0.717) is 9.79 Å². The first-order chi connectivity index (χ1) is 21.6. The van der Waals surface area contributed by atoms with Gasteiger partial charge in [-0.25, -0.2) is 8.42 Å². The first-order valence-corrected chi connectivity index (χ1v) is 16.3. The fraction of sp³-hybridized carbons (Fsp3) is 0.0244. The topological polar surface area (TPSA) is 34.1 Å². The van der Waals surface area contributed by atoms with Gasteiger partial charge >= 0.3 is 0 Å². The number of hydrogen-bond donors (Lipinski definition) is 0. The molecule has 2 aliphatic rings. The van der Waals surface area contributed by atoms with Gasteiger partial charge in [0.15, 0.2) is 0 Å². The lowest BCUT2D eigenvalue weighted by Crippen LogP contribution is -2.31. The summed E-state index contributed by atoms with van der Waals surface area (Å²) in [5.41, 5.74) is 11.9. The van der Waals surface area contributed by atoms with E-state index in [0.717, 1.165) is 16.5 Å². The first-order valence-electron chi connectivity index (χ1n) is 14.9. The van der Waals surface area contributed by atoms with Gasteiger partial charge in [0.2, 0.25) is 9.84 Å². The highest BCUT2D eigenvalue weighted by Crippen LogP contribution is 2.62. The van der Waals surface area contributed by atoms with Crippen LogP contribution in [0.2, 0.25) is 0 Å². The van der Waals surface area contributed by atoms with Gasteiger partial charge in [0.25, 0.3) is 0 Å². The van der Waals surface area contributed by atoms with E-state index in [9.17, 15) is 8.42 Å². The standard InChI is InChI=1S/C41H26O2S/c42-44(43,28-11-2-1-3-12-28)29-23-21-27(22-24-29)30-25-26-35-33-15-6-9-19-38(33)41(39-20-10-16-34(30)40(35)39)36-17-7-4-13-31(36)32-14-5-8-18-37(32)41/h1-26H. The van der Waals surface area contributed by atoms with E-state index < -0.39 is 15.3 Å². The molecule has 0 bridgehead atoms. The van der Waals surface area contributed by atoms with Crippen molar-refractivity contribution in [3.05, 3.63) is 180 Å². The summed E-state index contributed by atoms with van der Waals surface area (Å²) in [6.07, 6.45) is 0. The van der Waals surface area contributed by atoms with E-state index >= 15 is 0 Å². The molecule has 0 amide bonds. The van der Waals surface area contributed by atoms with Crippen molar-refractivity contribution >= 4 is 20.6 Å². The number of hydrogen-bond acceptors (Lipinski definition) is 2. The van der Waals surface area contributed by atoms with E-state index in [-0.39, 0.29) is 0 Å². The fourth-order valence-electron chi connectivity index (χ4n) is 7.75. The average Bonchev–Trinajstić information content (AvgIpc) is 3.38. The maximum Gasteiger partial charge on any atom is 0.206 e. The summed E-state index contributed by atoms with van der Waals surface area (Å²) in [7, 11) is -3.59. The van der Waals surface area contributed by atoms with E-state index in [1.165, 1.54) is 49.9 Å². The van der Waals surface area contributed by atoms with Crippen LogP contribution >= 0.6 is 0 Å². The smallest absolute Gasteiger partial charge is 0.206 e. The molecule has 0 radical (unpaired) electrons. The summed E-state index contributed by atoms with van der Waals surface area (Å²) >= 11 is 0. The summed E-state index contributed by atoms with van der Waals surface area (Å²) < 4.78 is 26.6. The Morgan fingerprint density at radius 2 is 0.841 bits per heavy atom. The first kappa shape index (κ1) is 25.3. The average molecular weight is 583 g/mol. The Morgan fingerprint density at radius 3 is 1.45 bits per heavy atom. The van der Waals surface area contributed by atoms with Crippen molar-refractivity contribution in [1.82, 2.24) is 0 Å². The van der Waals surface area contributed by atoms with Gasteiger partial charge in [-0.05, 0) is 90.7 Å². The lowest BCUT2D eigenvalue weighted by Gasteiger charge is -2.40. The normalized spacial score (nSPS) is 13.8. The van der Waals surface area contributed by atoms with Gasteiger partial charge in [0.05, 0.1) is 15.2 Å². The Hall–Kier alpha value is -5.25. The van der Waals surface area contributed by atoms with Crippen molar-refractivity contribution in [2.75, 3.05) is 0 Å². The Bertz CT molecular complexity index is 2340. The molecule has 1 spiro atoms. The molecule has 0 saturated carbocycles. The molecule has 0 aromatic heterocycles. The number of fused-ring (bicyclic) bond motifs is 9. The summed E-state index contributed by atoms with van der Waals surface area (Å²) in [6, 6.07) is 53.6. The van der Waals surface area contributed by atoms with Crippen LogP contribution in [0.3, 0.4) is 0 Å². The third-order valence-electron chi connectivity index (χ3n) is 9.55. The summed E-state index contributed by atoms with van der Waals surface area (Å²) in [4.78, 5) is 0.595. The quantitative estimate of drug-likeness (QED) is 0.208. The van der Waals surface area contributed by atoms with Crippen molar-refractivity contribution in [2.45, 2.75) is 15.2 Å². The molecule has 2 aliphatic carbocycles. The molecule has 44 heavy (non-hydrogen) atoms. The molecule has 3 heteroatoms. The zero-order valence-corrected chi connectivity index (χ0v) is 24.6. The van der Waals surface area contributed by atoms with Gasteiger partial charge in [-0.1, -0.05) is 133 Å². The van der Waals surface area contributed by atoms with Crippen molar-refractivity contribution in [2.24, 2.45) is 0 Å². The van der Waals surface area contributed by atoms with Gasteiger partial charge in [0.1, 0.15) is 0 Å². The minimum atomic E-state index is -3.59. The third kappa shape index (κ3) is 3.22. The Labute approximate surface area is 256 Å². The molecule has 0 atom stereocenters. The molecular weight excluding hydrogens is 557 g/mol. The van der Waals surface area contributed by atoms with Crippen LogP contribution < -0.4 is 0 Å². The molecule has 0 saturated heterocycles. The molecule has 0 fully saturated rings. The van der Waals surface area contributed by atoms with Crippen molar-refractivity contribution in [3.8, 4) is 33.4 Å². The van der Waals surface area contributed by atoms with Gasteiger partial charge in [-0.15, -0.1) is 0 Å². The number of benzene rings is 7. The van der Waals surface area contributed by atoms with E-state index in [4.69, 9.17) is 0 Å². The molecule has 0 heterocycles. The summed E-state index contributed by atoms with van der Waals surface area (Å²) in [5.74, 6) is 0. The molecule has 7 aromatic rings. The van der Waals surface area contributed by atoms with Crippen LogP contribution in [0.5, 0.6) is 0 Å². The third-order valence-corrected chi connectivity index (χ3v) is 11.3. The monoisotopic (exact) mass is 582 g/mol. The fourth-order valence-corrected chi connectivity index (χ4v) is 9.03. The predicted molar refractivity (Wildman–Crippen MR) is 178 cm³/mol. The highest BCUT2D eigenvalue weighted by molar-refractivity contribution is 7.91. The predicted octanol–water partition coefficient (Wildman–Crippen LogP) is 9.68. The van der Waals surface area contributed by atoms with Crippen LogP contribution in [0.15, 0.2) is 168 Å². The van der Waals surface area contributed by atoms with Crippen LogP contribution in [0.4, 0.5) is 0 Å². The second-order valence-corrected chi connectivity index (χ2v) is 13.6. The highest BCUT2D eigenvalue weighted by atomic mass is 32.2. The summed E-state index contributed by atoms with van der Waals surface area (Å²) in [5, 5.41) is 2.41. The zero-order valence-electron chi connectivity index (χ0n) is 23.7. The van der Waals surface area contributed by atoms with Crippen LogP contribution in [-0.4, -0.2) is 8.42 Å². The van der Waals surface area contributed by atoms with Gasteiger partial charge in [-0.3, -0.25) is 0 Å². The van der Waals surface area contributed by atoms with E-state index in [2.05, 4.69) is 103 Å². The van der Waals surface area contributed by atoms with Crippen molar-refractivity contribution in [3.63, 3.8) is 0 Å². The summed E-state index contributed by atoms with van der Waals surface area (Å²) in [6.45, 7) is 0. The van der Waals surface area contributed by atoms with Gasteiger partial charge in [-0.2, -0.15) is 0 Å². The maximum absolute atomic E-state index is 13.3. The van der Waals surface area contributed by atoms with Crippen molar-refractivity contribution in [1.29, 1.82) is 0 Å². The Balaban J connectivity index is 1.31. The number of rotatable bonds is 3. The lowest BCUT2D eigenvalue weighted by molar-refractivity contribution is 0.596. The molecule has 208 valence electrons. The molecular formula is C41H26O2S. The minimum absolute atomic E-state index is 0.294. The van der Waals surface area contributed by atoms with E-state index in [1.54, 1.807) is 36.4 Å². The number of sulfone groups is 1. The van der Waals surface area contributed by atoms with Gasteiger partial charge in [0, 0.05) is 0 Å².